The lowest BCUT2D eigenvalue weighted by atomic mass is 9.55. The molecule has 2 fully saturated rings. The molecule has 1 saturated heterocycles. The number of aliphatic hydroxyl groups is 2. The third kappa shape index (κ3) is 6.05. The predicted molar refractivity (Wildman–Crippen MR) is 182 cm³/mol. The number of rotatable bonds is 8. The van der Waals surface area contributed by atoms with Crippen LogP contribution in [0.15, 0.2) is 54.1 Å². The van der Waals surface area contributed by atoms with Crippen molar-refractivity contribution in [3.63, 3.8) is 0 Å². The maximum absolute atomic E-state index is 14.1. The number of anilines is 1. The van der Waals surface area contributed by atoms with Crippen molar-refractivity contribution in [3.8, 4) is 0 Å². The average molecular weight is 682 g/mol. The van der Waals surface area contributed by atoms with Gasteiger partial charge in [0.15, 0.2) is 18.4 Å². The van der Waals surface area contributed by atoms with Gasteiger partial charge < -0.3 is 25.0 Å². The second kappa shape index (κ2) is 13.4. The molecule has 6 rings (SSSR count). The molecular formula is C37H48ClN3O7. The standard InChI is InChI=1S/C37H48ClN3O7/c1-20-10-7-8-11-25(20)19-39-18-22(3)26-15-14-23(4)37(45)28(26)16-21(2)32(46-24(5)42)33(37)47-34(43)30-17-36(44)27-12-9-13-29(38)31(27)41(6)48-35(36)40-30/h7-13,16,22-23,26,28,30,32-33,35,39-40,44-45H,14-15,17-19H2,1-6H3/t22?,23-,26+,28-,30+,32-,33+,35-,36-,37-/m1/s1. The number of hydrogen-bond donors (Lipinski definition) is 4. The Morgan fingerprint density at radius 3 is 2.62 bits per heavy atom. The van der Waals surface area contributed by atoms with E-state index < -0.39 is 47.6 Å². The van der Waals surface area contributed by atoms with Crippen LogP contribution >= 0.6 is 11.6 Å². The van der Waals surface area contributed by atoms with E-state index in [1.165, 1.54) is 23.1 Å². The average Bonchev–Trinajstić information content (AvgIpc) is 3.38. The van der Waals surface area contributed by atoms with Crippen LogP contribution in [-0.4, -0.2) is 65.8 Å². The van der Waals surface area contributed by atoms with Crippen molar-refractivity contribution in [2.75, 3.05) is 18.7 Å². The molecule has 10 nitrogen and oxygen atoms in total. The van der Waals surface area contributed by atoms with Crippen LogP contribution in [0.25, 0.3) is 0 Å². The molecule has 260 valence electrons. The fourth-order valence-corrected chi connectivity index (χ4v) is 8.85. The third-order valence-electron chi connectivity index (χ3n) is 11.3. The number of esters is 2. The molecule has 4 N–H and O–H groups in total. The van der Waals surface area contributed by atoms with Gasteiger partial charge in [-0.15, -0.1) is 0 Å². The molecule has 2 aromatic carbocycles. The molecule has 2 heterocycles. The zero-order chi connectivity index (χ0) is 34.5. The minimum atomic E-state index is -1.56. The van der Waals surface area contributed by atoms with Gasteiger partial charge in [-0.25, -0.2) is 0 Å². The van der Waals surface area contributed by atoms with Gasteiger partial charge in [0.1, 0.15) is 17.2 Å². The van der Waals surface area contributed by atoms with Gasteiger partial charge in [0.05, 0.1) is 10.7 Å². The highest BCUT2D eigenvalue weighted by atomic mass is 35.5. The fraction of sp³-hybridized carbons (Fsp3) is 0.568. The largest absolute Gasteiger partial charge is 0.454 e. The first-order chi connectivity index (χ1) is 22.7. The first kappa shape index (κ1) is 34.9. The SMILES string of the molecule is CC(=O)O[C@@H]1C(C)=C[C@@H]2[C@H](C(C)CNCc3ccccc3C)CC[C@@H](C)[C@]2(O)[C@H]1OC(=O)[C@@H]1C[C@@]2(O)c3cccc(Cl)c3N(C)O[C@H]2N1. The summed E-state index contributed by atoms with van der Waals surface area (Å²) < 4.78 is 12.1. The van der Waals surface area contributed by atoms with E-state index >= 15 is 0 Å². The third-order valence-corrected chi connectivity index (χ3v) is 11.6. The summed E-state index contributed by atoms with van der Waals surface area (Å²) in [7, 11) is 1.69. The van der Waals surface area contributed by atoms with Crippen molar-refractivity contribution in [1.29, 1.82) is 0 Å². The number of halogens is 1. The molecule has 2 aliphatic heterocycles. The molecule has 11 heteroatoms. The number of hydroxylamine groups is 1. The van der Waals surface area contributed by atoms with Gasteiger partial charge in [-0.3, -0.25) is 24.8 Å². The van der Waals surface area contributed by atoms with Crippen LogP contribution < -0.4 is 15.7 Å². The number of nitrogens with zero attached hydrogens (tertiary/aromatic N) is 1. The van der Waals surface area contributed by atoms with Crippen molar-refractivity contribution in [1.82, 2.24) is 10.6 Å². The van der Waals surface area contributed by atoms with Crippen LogP contribution in [-0.2, 0) is 36.0 Å². The quantitative estimate of drug-likeness (QED) is 0.233. The molecule has 0 aromatic heterocycles. The highest BCUT2D eigenvalue weighted by Crippen LogP contribution is 2.53. The van der Waals surface area contributed by atoms with E-state index in [9.17, 15) is 19.8 Å². The summed E-state index contributed by atoms with van der Waals surface area (Å²) in [5.41, 5.74) is 1.23. The molecule has 10 atom stereocenters. The highest BCUT2D eigenvalue weighted by Gasteiger charge is 2.62. The van der Waals surface area contributed by atoms with Gasteiger partial charge in [-0.05, 0) is 73.8 Å². The number of nitrogens with one attached hydrogen (secondary N) is 2. The van der Waals surface area contributed by atoms with E-state index in [0.717, 1.165) is 31.5 Å². The Bertz CT molecular complexity index is 1590. The van der Waals surface area contributed by atoms with Crippen LogP contribution in [0.5, 0.6) is 0 Å². The second-order valence-electron chi connectivity index (χ2n) is 14.4. The van der Waals surface area contributed by atoms with Gasteiger partial charge in [0.2, 0.25) is 0 Å². The zero-order valence-corrected chi connectivity index (χ0v) is 29.3. The summed E-state index contributed by atoms with van der Waals surface area (Å²) >= 11 is 6.46. The lowest BCUT2D eigenvalue weighted by molar-refractivity contribution is -0.225. The number of carbonyl (C=O) groups excluding carboxylic acids is 2. The number of fused-ring (bicyclic) bond motifs is 4. The zero-order valence-electron chi connectivity index (χ0n) is 28.5. The van der Waals surface area contributed by atoms with Crippen LogP contribution in [0.3, 0.4) is 0 Å². The molecular weight excluding hydrogens is 634 g/mol. The van der Waals surface area contributed by atoms with Gasteiger partial charge in [0, 0.05) is 38.4 Å². The molecule has 0 spiro atoms. The molecule has 48 heavy (non-hydrogen) atoms. The Labute approximate surface area is 287 Å². The number of benzene rings is 2. The second-order valence-corrected chi connectivity index (χ2v) is 14.8. The number of ether oxygens (including phenoxy) is 2. The lowest BCUT2D eigenvalue weighted by Crippen LogP contribution is -2.66. The molecule has 0 amide bonds. The normalized spacial score (nSPS) is 34.7. The monoisotopic (exact) mass is 681 g/mol. The Morgan fingerprint density at radius 1 is 1.15 bits per heavy atom. The summed E-state index contributed by atoms with van der Waals surface area (Å²) in [6, 6.07) is 12.6. The van der Waals surface area contributed by atoms with Crippen LogP contribution in [0, 0.1) is 30.6 Å². The van der Waals surface area contributed by atoms with E-state index in [-0.39, 0.29) is 30.1 Å². The summed E-state index contributed by atoms with van der Waals surface area (Å²) in [5.74, 6) is -1.51. The molecule has 2 aromatic rings. The van der Waals surface area contributed by atoms with E-state index in [2.05, 4.69) is 36.6 Å². The first-order valence-electron chi connectivity index (χ1n) is 17.0. The van der Waals surface area contributed by atoms with E-state index in [4.69, 9.17) is 25.9 Å². The number of para-hydroxylation sites is 1. The Balaban J connectivity index is 1.25. The number of aryl methyl sites for hydroxylation is 1. The fourth-order valence-electron chi connectivity index (χ4n) is 8.55. The number of hydrogen-bond acceptors (Lipinski definition) is 10. The summed E-state index contributed by atoms with van der Waals surface area (Å²) in [5, 5.41) is 33.2. The van der Waals surface area contributed by atoms with Crippen LogP contribution in [0.2, 0.25) is 5.02 Å². The summed E-state index contributed by atoms with van der Waals surface area (Å²) in [6.45, 7) is 10.9. The molecule has 4 aliphatic rings. The van der Waals surface area contributed by atoms with Crippen molar-refractivity contribution in [2.45, 2.75) is 96.1 Å². The van der Waals surface area contributed by atoms with Crippen LogP contribution in [0.4, 0.5) is 5.69 Å². The van der Waals surface area contributed by atoms with E-state index in [1.54, 1.807) is 25.2 Å². The topological polar surface area (TPSA) is 130 Å². The molecule has 1 unspecified atom stereocenters. The van der Waals surface area contributed by atoms with Gasteiger partial charge in [-0.1, -0.05) is 67.9 Å². The molecule has 1 saturated carbocycles. The Hall–Kier alpha value is -2.99. The van der Waals surface area contributed by atoms with Crippen molar-refractivity contribution in [2.24, 2.45) is 23.7 Å². The minimum absolute atomic E-state index is 0.0406. The maximum atomic E-state index is 14.1. The van der Waals surface area contributed by atoms with Crippen LogP contribution in [0.1, 0.15) is 63.6 Å². The molecule has 2 aliphatic carbocycles. The van der Waals surface area contributed by atoms with Crippen molar-refractivity contribution < 1.29 is 34.1 Å². The summed E-state index contributed by atoms with van der Waals surface area (Å²) in [6.07, 6.45) is 0.553. The maximum Gasteiger partial charge on any atom is 0.323 e. The van der Waals surface area contributed by atoms with E-state index in [1.807, 2.05) is 32.1 Å². The lowest BCUT2D eigenvalue weighted by Gasteiger charge is -2.56. The predicted octanol–water partition coefficient (Wildman–Crippen LogP) is 4.53. The van der Waals surface area contributed by atoms with Gasteiger partial charge in [-0.2, -0.15) is 0 Å². The first-order valence-corrected chi connectivity index (χ1v) is 17.3. The van der Waals surface area contributed by atoms with Crippen molar-refractivity contribution >= 4 is 29.2 Å². The Kier molecular flexibility index (Phi) is 9.72. The highest BCUT2D eigenvalue weighted by molar-refractivity contribution is 6.33. The molecule has 0 bridgehead atoms. The van der Waals surface area contributed by atoms with E-state index in [0.29, 0.717) is 16.3 Å². The van der Waals surface area contributed by atoms with Crippen molar-refractivity contribution in [3.05, 3.63) is 75.8 Å². The molecule has 0 radical (unpaired) electrons. The summed E-state index contributed by atoms with van der Waals surface area (Å²) in [4.78, 5) is 32.4. The Morgan fingerprint density at radius 2 is 1.90 bits per heavy atom. The minimum Gasteiger partial charge on any atom is -0.454 e. The van der Waals surface area contributed by atoms with Gasteiger partial charge >= 0.3 is 11.9 Å². The van der Waals surface area contributed by atoms with Gasteiger partial charge in [0.25, 0.3) is 0 Å². The smallest absolute Gasteiger partial charge is 0.323 e. The number of carbonyl (C=O) groups is 2.